The molecule has 0 saturated carbocycles. The third-order valence-corrected chi connectivity index (χ3v) is 3.53. The molecule has 2 unspecified atom stereocenters. The van der Waals surface area contributed by atoms with E-state index in [1.54, 1.807) is 6.20 Å². The topological polar surface area (TPSA) is 42.1 Å². The monoisotopic (exact) mass is 267 g/mol. The zero-order chi connectivity index (χ0) is 14.5. The Morgan fingerprint density at radius 2 is 2.30 bits per heavy atom. The molecule has 1 aromatic rings. The molecule has 2 rings (SSSR count). The molecule has 0 bridgehead atoms. The van der Waals surface area contributed by atoms with Gasteiger partial charge in [-0.05, 0) is 37.8 Å². The SMILES string of the molecule is C=CC1C(/C=C(C)/C=C/N)C=CN1c1cnccc1C. The van der Waals surface area contributed by atoms with E-state index in [1.165, 1.54) is 5.56 Å². The highest BCUT2D eigenvalue weighted by Crippen LogP contribution is 2.31. The largest absolute Gasteiger partial charge is 0.405 e. The summed E-state index contributed by atoms with van der Waals surface area (Å²) in [5.74, 6) is 0.295. The van der Waals surface area contributed by atoms with Crippen LogP contribution < -0.4 is 10.6 Å². The van der Waals surface area contributed by atoms with Crippen LogP contribution in [0.5, 0.6) is 0 Å². The van der Waals surface area contributed by atoms with Crippen molar-refractivity contribution in [3.63, 3.8) is 0 Å². The summed E-state index contributed by atoms with van der Waals surface area (Å²) < 4.78 is 0. The quantitative estimate of drug-likeness (QED) is 0.672. The summed E-state index contributed by atoms with van der Waals surface area (Å²) in [4.78, 5) is 6.44. The number of nitrogens with zero attached hydrogens (tertiary/aromatic N) is 2. The number of anilines is 1. The Hall–Kier alpha value is -2.29. The van der Waals surface area contributed by atoms with Crippen LogP contribution in [-0.2, 0) is 0 Å². The van der Waals surface area contributed by atoms with Crippen molar-refractivity contribution in [2.45, 2.75) is 19.9 Å². The fourth-order valence-electron chi connectivity index (χ4n) is 2.49. The van der Waals surface area contributed by atoms with E-state index in [-0.39, 0.29) is 6.04 Å². The molecule has 0 aliphatic carbocycles. The molecule has 1 aliphatic rings. The molecule has 0 radical (unpaired) electrons. The predicted octanol–water partition coefficient (Wildman–Crippen LogP) is 3.31. The Balaban J connectivity index is 2.28. The van der Waals surface area contributed by atoms with Gasteiger partial charge in [0.1, 0.15) is 0 Å². The zero-order valence-corrected chi connectivity index (χ0v) is 12.0. The van der Waals surface area contributed by atoms with Crippen molar-refractivity contribution in [1.82, 2.24) is 4.98 Å². The maximum Gasteiger partial charge on any atom is 0.0628 e. The lowest BCUT2D eigenvalue weighted by atomic mass is 9.98. The number of pyridine rings is 1. The van der Waals surface area contributed by atoms with Gasteiger partial charge in [-0.2, -0.15) is 0 Å². The number of allylic oxidation sites excluding steroid dienone is 2. The number of rotatable bonds is 4. The Bertz CT molecular complexity index is 569. The molecule has 1 aliphatic heterocycles. The number of aromatic nitrogens is 1. The molecular formula is C17H21N3. The normalized spacial score (nSPS) is 22.7. The molecule has 2 N–H and O–H groups in total. The Morgan fingerprint density at radius 1 is 1.50 bits per heavy atom. The molecule has 0 amide bonds. The highest BCUT2D eigenvalue weighted by molar-refractivity contribution is 5.58. The van der Waals surface area contributed by atoms with Crippen molar-refractivity contribution in [2.24, 2.45) is 11.7 Å². The van der Waals surface area contributed by atoms with E-state index in [1.807, 2.05) is 30.6 Å². The maximum absolute atomic E-state index is 5.43. The summed E-state index contributed by atoms with van der Waals surface area (Å²) in [5.41, 5.74) is 8.91. The van der Waals surface area contributed by atoms with Crippen LogP contribution in [-0.4, -0.2) is 11.0 Å². The molecule has 0 spiro atoms. The Labute approximate surface area is 120 Å². The van der Waals surface area contributed by atoms with Gasteiger partial charge in [0.25, 0.3) is 0 Å². The molecule has 20 heavy (non-hydrogen) atoms. The van der Waals surface area contributed by atoms with Crippen molar-refractivity contribution >= 4 is 5.69 Å². The van der Waals surface area contributed by atoms with E-state index < -0.39 is 0 Å². The van der Waals surface area contributed by atoms with Gasteiger partial charge < -0.3 is 10.6 Å². The van der Waals surface area contributed by atoms with E-state index in [9.17, 15) is 0 Å². The number of hydrogen-bond donors (Lipinski definition) is 1. The second-order valence-corrected chi connectivity index (χ2v) is 4.98. The summed E-state index contributed by atoms with van der Waals surface area (Å²) in [6, 6.07) is 2.23. The highest BCUT2D eigenvalue weighted by Gasteiger charge is 2.27. The lowest BCUT2D eigenvalue weighted by Gasteiger charge is -2.27. The molecule has 0 fully saturated rings. The van der Waals surface area contributed by atoms with E-state index >= 15 is 0 Å². The third kappa shape index (κ3) is 2.82. The van der Waals surface area contributed by atoms with Crippen LogP contribution in [0, 0.1) is 12.8 Å². The van der Waals surface area contributed by atoms with Crippen molar-refractivity contribution in [3.8, 4) is 0 Å². The molecule has 104 valence electrons. The fourth-order valence-corrected chi connectivity index (χ4v) is 2.49. The van der Waals surface area contributed by atoms with Gasteiger partial charge in [-0.3, -0.25) is 4.98 Å². The van der Waals surface area contributed by atoms with Gasteiger partial charge >= 0.3 is 0 Å². The minimum atomic E-state index is 0.207. The van der Waals surface area contributed by atoms with Crippen molar-refractivity contribution < 1.29 is 0 Å². The van der Waals surface area contributed by atoms with E-state index in [0.717, 1.165) is 11.3 Å². The summed E-state index contributed by atoms with van der Waals surface area (Å²) in [5, 5.41) is 0. The zero-order valence-electron chi connectivity index (χ0n) is 12.0. The summed E-state index contributed by atoms with van der Waals surface area (Å²) in [6.07, 6.45) is 15.7. The van der Waals surface area contributed by atoms with Crippen LogP contribution in [0.15, 0.2) is 67.3 Å². The van der Waals surface area contributed by atoms with Crippen LogP contribution in [0.3, 0.4) is 0 Å². The lowest BCUT2D eigenvalue weighted by molar-refractivity contribution is 0.706. The van der Waals surface area contributed by atoms with Crippen molar-refractivity contribution in [1.29, 1.82) is 0 Å². The van der Waals surface area contributed by atoms with Crippen molar-refractivity contribution in [2.75, 3.05) is 4.90 Å². The first-order chi connectivity index (χ1) is 9.67. The van der Waals surface area contributed by atoms with Crippen LogP contribution in [0.4, 0.5) is 5.69 Å². The molecule has 2 heterocycles. The average Bonchev–Trinajstić information content (AvgIpc) is 2.82. The molecule has 2 atom stereocenters. The molecular weight excluding hydrogens is 246 g/mol. The first-order valence-electron chi connectivity index (χ1n) is 6.74. The Morgan fingerprint density at radius 3 is 2.95 bits per heavy atom. The average molecular weight is 267 g/mol. The number of aryl methyl sites for hydroxylation is 1. The van der Waals surface area contributed by atoms with Gasteiger partial charge in [0.2, 0.25) is 0 Å². The summed E-state index contributed by atoms with van der Waals surface area (Å²) in [7, 11) is 0. The van der Waals surface area contributed by atoms with Crippen LogP contribution in [0.1, 0.15) is 12.5 Å². The van der Waals surface area contributed by atoms with Crippen molar-refractivity contribution in [3.05, 3.63) is 72.9 Å². The standard InChI is InChI=1S/C17H21N3/c1-4-16-15(11-13(2)5-8-18)7-10-20(16)17-12-19-9-6-14(17)3/h4-12,15-16H,1,18H2,2-3H3/b8-5+,13-11+. The Kier molecular flexibility index (Phi) is 4.41. The van der Waals surface area contributed by atoms with Crippen LogP contribution >= 0.6 is 0 Å². The molecule has 3 heteroatoms. The van der Waals surface area contributed by atoms with Crippen LogP contribution in [0.25, 0.3) is 0 Å². The molecule has 0 aromatic carbocycles. The molecule has 3 nitrogen and oxygen atoms in total. The van der Waals surface area contributed by atoms with Gasteiger partial charge in [0.05, 0.1) is 17.9 Å². The first kappa shape index (κ1) is 14.1. The minimum absolute atomic E-state index is 0.207. The number of nitrogens with two attached hydrogens (primary N) is 1. The van der Waals surface area contributed by atoms with Gasteiger partial charge in [-0.25, -0.2) is 0 Å². The first-order valence-corrected chi connectivity index (χ1v) is 6.74. The number of hydrogen-bond acceptors (Lipinski definition) is 3. The highest BCUT2D eigenvalue weighted by atomic mass is 15.2. The van der Waals surface area contributed by atoms with Gasteiger partial charge in [-0.1, -0.05) is 23.8 Å². The van der Waals surface area contributed by atoms with E-state index in [4.69, 9.17) is 5.73 Å². The molecule has 0 saturated heterocycles. The van der Waals surface area contributed by atoms with E-state index in [0.29, 0.717) is 5.92 Å². The molecule has 1 aromatic heterocycles. The second kappa shape index (κ2) is 6.24. The van der Waals surface area contributed by atoms with Gasteiger partial charge in [-0.15, -0.1) is 6.58 Å². The van der Waals surface area contributed by atoms with Crippen LogP contribution in [0.2, 0.25) is 0 Å². The lowest BCUT2D eigenvalue weighted by Crippen LogP contribution is -2.29. The third-order valence-electron chi connectivity index (χ3n) is 3.53. The second-order valence-electron chi connectivity index (χ2n) is 4.98. The van der Waals surface area contributed by atoms with Gasteiger partial charge in [0.15, 0.2) is 0 Å². The van der Waals surface area contributed by atoms with Gasteiger partial charge in [0, 0.05) is 18.3 Å². The summed E-state index contributed by atoms with van der Waals surface area (Å²) in [6.45, 7) is 8.12. The maximum atomic E-state index is 5.43. The minimum Gasteiger partial charge on any atom is -0.405 e. The smallest absolute Gasteiger partial charge is 0.0628 e. The summed E-state index contributed by atoms with van der Waals surface area (Å²) >= 11 is 0. The van der Waals surface area contributed by atoms with E-state index in [2.05, 4.69) is 48.7 Å². The predicted molar refractivity (Wildman–Crippen MR) is 85.2 cm³/mol. The fraction of sp³-hybridized carbons (Fsp3) is 0.235.